The lowest BCUT2D eigenvalue weighted by Crippen LogP contribution is -2.50. The molecule has 2 N–H and O–H groups in total. The van der Waals surface area contributed by atoms with Crippen molar-refractivity contribution in [3.8, 4) is 0 Å². The van der Waals surface area contributed by atoms with Crippen LogP contribution in [0.2, 0.25) is 0 Å². The molecule has 0 saturated carbocycles. The number of carbonyl (C=O) groups excluding carboxylic acids is 1. The highest BCUT2D eigenvalue weighted by Gasteiger charge is 2.23. The van der Waals surface area contributed by atoms with E-state index in [1.807, 2.05) is 19.1 Å². The van der Waals surface area contributed by atoms with E-state index in [4.69, 9.17) is 4.74 Å². The van der Waals surface area contributed by atoms with Crippen LogP contribution < -0.4 is 10.6 Å². The first-order valence-electron chi connectivity index (χ1n) is 10.2. The lowest BCUT2D eigenvalue weighted by atomic mass is 10.1. The molecule has 0 aromatic heterocycles. The van der Waals surface area contributed by atoms with E-state index in [9.17, 15) is 14.9 Å². The lowest BCUT2D eigenvalue weighted by molar-refractivity contribution is -0.384. The van der Waals surface area contributed by atoms with Crippen LogP contribution in [0.15, 0.2) is 29.3 Å². The van der Waals surface area contributed by atoms with E-state index in [1.165, 1.54) is 0 Å². The number of ether oxygens (including phenoxy) is 1. The number of non-ortho nitro benzene ring substituents is 1. The van der Waals surface area contributed by atoms with Crippen molar-refractivity contribution >= 4 is 41.7 Å². The van der Waals surface area contributed by atoms with Crippen LogP contribution in [0.5, 0.6) is 0 Å². The van der Waals surface area contributed by atoms with Crippen LogP contribution in [0.4, 0.5) is 10.5 Å². The molecule has 0 spiro atoms. The van der Waals surface area contributed by atoms with Gasteiger partial charge in [0.05, 0.1) is 11.5 Å². The fraction of sp³-hybridized carbons (Fsp3) is 0.600. The number of carbonyl (C=O) groups is 1. The summed E-state index contributed by atoms with van der Waals surface area (Å²) in [6, 6.07) is 7.01. The topological polar surface area (TPSA) is 109 Å². The number of nitrogens with one attached hydrogen (secondary N) is 2. The van der Waals surface area contributed by atoms with Gasteiger partial charge in [0.15, 0.2) is 5.96 Å². The number of hydrogen-bond acceptors (Lipinski definition) is 5. The normalized spacial score (nSPS) is 14.6. The third kappa shape index (κ3) is 8.72. The summed E-state index contributed by atoms with van der Waals surface area (Å²) in [5, 5.41) is 17.4. The van der Waals surface area contributed by atoms with Gasteiger partial charge in [0.2, 0.25) is 0 Å². The summed E-state index contributed by atoms with van der Waals surface area (Å²) < 4.78 is 5.04. The summed E-state index contributed by atoms with van der Waals surface area (Å²) >= 11 is 0. The molecule has 9 nitrogen and oxygen atoms in total. The van der Waals surface area contributed by atoms with Crippen LogP contribution in [-0.2, 0) is 11.2 Å². The van der Waals surface area contributed by atoms with Gasteiger partial charge in [0.1, 0.15) is 0 Å². The molecule has 10 heteroatoms. The van der Waals surface area contributed by atoms with Crippen molar-refractivity contribution in [3.63, 3.8) is 0 Å². The Kier molecular flexibility index (Phi) is 12.1. The summed E-state index contributed by atoms with van der Waals surface area (Å²) in [7, 11) is 1.75. The molecule has 1 heterocycles. The zero-order valence-electron chi connectivity index (χ0n) is 17.6. The number of hydrogen-bond donors (Lipinski definition) is 2. The maximum absolute atomic E-state index is 11.8. The SMILES string of the molecule is CCOC(=O)N1CCC(NC(=NC)NCCCCc2ccc([N+](=O)[O-])cc2)CC1.I. The Morgan fingerprint density at radius 1 is 1.27 bits per heavy atom. The molecule has 1 aliphatic rings. The Morgan fingerprint density at radius 3 is 2.50 bits per heavy atom. The summed E-state index contributed by atoms with van der Waals surface area (Å²) in [6.07, 6.45) is 4.33. The molecular formula is C20H32IN5O4. The fourth-order valence-corrected chi connectivity index (χ4v) is 3.25. The molecule has 0 atom stereocenters. The van der Waals surface area contributed by atoms with Gasteiger partial charge in [-0.15, -0.1) is 24.0 Å². The second kappa shape index (κ2) is 14.0. The maximum Gasteiger partial charge on any atom is 0.409 e. The van der Waals surface area contributed by atoms with E-state index in [2.05, 4.69) is 15.6 Å². The van der Waals surface area contributed by atoms with Gasteiger partial charge in [-0.1, -0.05) is 12.1 Å². The number of nitro benzene ring substituents is 1. The number of aryl methyl sites for hydroxylation is 1. The molecule has 1 fully saturated rings. The molecule has 1 aromatic carbocycles. The number of guanidine groups is 1. The van der Waals surface area contributed by atoms with Crippen molar-refractivity contribution in [1.82, 2.24) is 15.5 Å². The van der Waals surface area contributed by atoms with E-state index >= 15 is 0 Å². The van der Waals surface area contributed by atoms with Gasteiger partial charge in [0, 0.05) is 44.9 Å². The predicted octanol–water partition coefficient (Wildman–Crippen LogP) is 3.32. The van der Waals surface area contributed by atoms with Crippen LogP contribution in [0.25, 0.3) is 0 Å². The van der Waals surface area contributed by atoms with Gasteiger partial charge in [0.25, 0.3) is 5.69 Å². The molecule has 0 unspecified atom stereocenters. The number of nitrogens with zero attached hydrogens (tertiary/aromatic N) is 3. The van der Waals surface area contributed by atoms with E-state index < -0.39 is 0 Å². The van der Waals surface area contributed by atoms with Gasteiger partial charge in [-0.05, 0) is 44.6 Å². The smallest absolute Gasteiger partial charge is 0.409 e. The van der Waals surface area contributed by atoms with Crippen molar-refractivity contribution < 1.29 is 14.5 Å². The number of benzene rings is 1. The van der Waals surface area contributed by atoms with Crippen molar-refractivity contribution in [3.05, 3.63) is 39.9 Å². The van der Waals surface area contributed by atoms with Crippen LogP contribution >= 0.6 is 24.0 Å². The van der Waals surface area contributed by atoms with E-state index in [1.54, 1.807) is 24.1 Å². The number of halogens is 1. The van der Waals surface area contributed by atoms with Crippen LogP contribution in [0.1, 0.15) is 38.2 Å². The Bertz CT molecular complexity index is 691. The average molecular weight is 533 g/mol. The lowest BCUT2D eigenvalue weighted by Gasteiger charge is -2.32. The number of rotatable bonds is 8. The number of amides is 1. The van der Waals surface area contributed by atoms with Crippen LogP contribution in [0, 0.1) is 10.1 Å². The number of piperidine rings is 1. The molecule has 0 bridgehead atoms. The zero-order valence-corrected chi connectivity index (χ0v) is 20.0. The average Bonchev–Trinajstić information content (AvgIpc) is 2.73. The molecule has 2 rings (SSSR count). The highest BCUT2D eigenvalue weighted by atomic mass is 127. The minimum Gasteiger partial charge on any atom is -0.450 e. The predicted molar refractivity (Wildman–Crippen MR) is 128 cm³/mol. The quantitative estimate of drug-likeness (QED) is 0.133. The standard InChI is InChI=1S/C20H31N5O4.HI/c1-3-29-20(26)24-14-11-17(12-15-24)23-19(21-2)22-13-5-4-6-16-7-9-18(10-8-16)25(27)28;/h7-10,17H,3-6,11-15H2,1-2H3,(H2,21,22,23);1H. The molecule has 1 aliphatic heterocycles. The molecule has 30 heavy (non-hydrogen) atoms. The van der Waals surface area contributed by atoms with Gasteiger partial charge >= 0.3 is 6.09 Å². The Morgan fingerprint density at radius 2 is 1.93 bits per heavy atom. The summed E-state index contributed by atoms with van der Waals surface area (Å²) in [6.45, 7) is 4.38. The van der Waals surface area contributed by atoms with Crippen LogP contribution in [-0.4, -0.2) is 61.2 Å². The fourth-order valence-electron chi connectivity index (χ4n) is 3.25. The first kappa shape index (κ1) is 25.9. The van der Waals surface area contributed by atoms with Gasteiger partial charge in [-0.2, -0.15) is 0 Å². The third-order valence-corrected chi connectivity index (χ3v) is 4.92. The molecule has 0 aliphatic carbocycles. The molecule has 0 radical (unpaired) electrons. The van der Waals surface area contributed by atoms with E-state index in [0.29, 0.717) is 19.7 Å². The molecular weight excluding hydrogens is 501 g/mol. The molecule has 1 saturated heterocycles. The van der Waals surface area contributed by atoms with E-state index in [-0.39, 0.29) is 46.7 Å². The minimum atomic E-state index is -0.382. The first-order chi connectivity index (χ1) is 14.0. The number of unbranched alkanes of at least 4 members (excludes halogenated alkanes) is 1. The number of likely N-dealkylation sites (tertiary alicyclic amines) is 1. The van der Waals surface area contributed by atoms with Gasteiger partial charge < -0.3 is 20.3 Å². The number of aliphatic imine (C=N–C) groups is 1. The van der Waals surface area contributed by atoms with Crippen molar-refractivity contribution in [2.75, 3.05) is 33.3 Å². The van der Waals surface area contributed by atoms with E-state index in [0.717, 1.165) is 50.2 Å². The van der Waals surface area contributed by atoms with Crippen LogP contribution in [0.3, 0.4) is 0 Å². The molecule has 1 aromatic rings. The highest BCUT2D eigenvalue weighted by Crippen LogP contribution is 2.14. The van der Waals surface area contributed by atoms with Crippen molar-refractivity contribution in [1.29, 1.82) is 0 Å². The summed E-state index contributed by atoms with van der Waals surface area (Å²) in [5.41, 5.74) is 1.23. The van der Waals surface area contributed by atoms with Gasteiger partial charge in [-0.25, -0.2) is 4.79 Å². The first-order valence-corrected chi connectivity index (χ1v) is 10.2. The summed E-state index contributed by atoms with van der Waals surface area (Å²) in [5.74, 6) is 0.773. The third-order valence-electron chi connectivity index (χ3n) is 4.92. The Labute approximate surface area is 194 Å². The van der Waals surface area contributed by atoms with Crippen molar-refractivity contribution in [2.24, 2.45) is 4.99 Å². The largest absolute Gasteiger partial charge is 0.450 e. The Balaban J connectivity index is 0.00000450. The van der Waals surface area contributed by atoms with Gasteiger partial charge in [-0.3, -0.25) is 15.1 Å². The Hall–Kier alpha value is -2.11. The zero-order chi connectivity index (χ0) is 21.1. The summed E-state index contributed by atoms with van der Waals surface area (Å²) in [4.78, 5) is 28.1. The molecule has 1 amide bonds. The second-order valence-electron chi connectivity index (χ2n) is 6.98. The minimum absolute atomic E-state index is 0. The highest BCUT2D eigenvalue weighted by molar-refractivity contribution is 14.0. The van der Waals surface area contributed by atoms with Crippen molar-refractivity contribution in [2.45, 2.75) is 45.1 Å². The monoisotopic (exact) mass is 533 g/mol. The second-order valence-corrected chi connectivity index (χ2v) is 6.98. The number of nitro groups is 1. The maximum atomic E-state index is 11.8. The molecule has 168 valence electrons.